The van der Waals surface area contributed by atoms with Gasteiger partial charge in [0.1, 0.15) is 0 Å². The second kappa shape index (κ2) is 7.41. The number of rotatable bonds is 5. The highest BCUT2D eigenvalue weighted by Gasteiger charge is 2.09. The van der Waals surface area contributed by atoms with Gasteiger partial charge in [-0.3, -0.25) is 4.79 Å². The Morgan fingerprint density at radius 2 is 1.83 bits per heavy atom. The van der Waals surface area contributed by atoms with Crippen LogP contribution in [0.15, 0.2) is 59.5 Å². The summed E-state index contributed by atoms with van der Waals surface area (Å²) in [5, 5.41) is 3.22. The fourth-order valence-corrected chi connectivity index (χ4v) is 2.72. The van der Waals surface area contributed by atoms with E-state index in [9.17, 15) is 13.2 Å². The lowest BCUT2D eigenvalue weighted by Gasteiger charge is -2.03. The lowest BCUT2D eigenvalue weighted by atomic mass is 10.2. The van der Waals surface area contributed by atoms with Crippen LogP contribution in [0.1, 0.15) is 5.56 Å². The maximum atomic E-state index is 11.8. The van der Waals surface area contributed by atoms with Gasteiger partial charge < -0.3 is 5.32 Å². The summed E-state index contributed by atoms with van der Waals surface area (Å²) < 4.78 is 25.4. The zero-order valence-corrected chi connectivity index (χ0v) is 13.9. The van der Waals surface area contributed by atoms with Gasteiger partial charge in [0.25, 0.3) is 0 Å². The number of hydrogen-bond acceptors (Lipinski definition) is 3. The number of anilines is 1. The SMILES string of the molecule is CNS(=O)(=O)c1ccc(/C=C/C(=O)Nc2cccc(Cl)c2)cc1. The van der Waals surface area contributed by atoms with E-state index in [-0.39, 0.29) is 10.8 Å². The quantitative estimate of drug-likeness (QED) is 0.814. The summed E-state index contributed by atoms with van der Waals surface area (Å²) in [5.74, 6) is -0.306. The predicted molar refractivity (Wildman–Crippen MR) is 91.8 cm³/mol. The van der Waals surface area contributed by atoms with Gasteiger partial charge in [0, 0.05) is 16.8 Å². The molecule has 0 heterocycles. The van der Waals surface area contributed by atoms with Gasteiger partial charge >= 0.3 is 0 Å². The number of benzene rings is 2. The average Bonchev–Trinajstić information content (AvgIpc) is 2.53. The van der Waals surface area contributed by atoms with E-state index >= 15 is 0 Å². The van der Waals surface area contributed by atoms with Crippen LogP contribution in [0, 0.1) is 0 Å². The van der Waals surface area contributed by atoms with Crippen molar-refractivity contribution >= 4 is 39.3 Å². The first-order valence-electron chi connectivity index (χ1n) is 6.69. The highest BCUT2D eigenvalue weighted by Crippen LogP contribution is 2.15. The van der Waals surface area contributed by atoms with Gasteiger partial charge in [0.05, 0.1) is 4.90 Å². The summed E-state index contributed by atoms with van der Waals surface area (Å²) >= 11 is 5.84. The fourth-order valence-electron chi connectivity index (χ4n) is 1.80. The van der Waals surface area contributed by atoms with Gasteiger partial charge in [-0.15, -0.1) is 0 Å². The van der Waals surface area contributed by atoms with Crippen molar-refractivity contribution in [2.75, 3.05) is 12.4 Å². The van der Waals surface area contributed by atoms with E-state index in [2.05, 4.69) is 10.0 Å². The lowest BCUT2D eigenvalue weighted by Crippen LogP contribution is -2.18. The Morgan fingerprint density at radius 1 is 1.13 bits per heavy atom. The van der Waals surface area contributed by atoms with Crippen molar-refractivity contribution in [3.63, 3.8) is 0 Å². The van der Waals surface area contributed by atoms with E-state index in [1.165, 1.54) is 25.3 Å². The number of halogens is 1. The summed E-state index contributed by atoms with van der Waals surface area (Å²) in [4.78, 5) is 12.0. The molecule has 0 aliphatic carbocycles. The molecule has 7 heteroatoms. The number of nitrogens with one attached hydrogen (secondary N) is 2. The van der Waals surface area contributed by atoms with Crippen molar-refractivity contribution < 1.29 is 13.2 Å². The summed E-state index contributed by atoms with van der Waals surface area (Å²) in [6, 6.07) is 13.0. The predicted octanol–water partition coefficient (Wildman–Crippen LogP) is 2.90. The molecule has 2 aromatic carbocycles. The van der Waals surface area contributed by atoms with Crippen molar-refractivity contribution in [3.05, 3.63) is 65.2 Å². The molecule has 2 aromatic rings. The number of carbonyl (C=O) groups is 1. The molecule has 0 spiro atoms. The molecule has 2 N–H and O–H groups in total. The van der Waals surface area contributed by atoms with Crippen LogP contribution in [0.4, 0.5) is 5.69 Å². The van der Waals surface area contributed by atoms with Crippen molar-refractivity contribution in [1.82, 2.24) is 4.72 Å². The molecule has 2 rings (SSSR count). The molecule has 0 aliphatic heterocycles. The maximum absolute atomic E-state index is 11.8. The Morgan fingerprint density at radius 3 is 2.43 bits per heavy atom. The third-order valence-electron chi connectivity index (χ3n) is 2.98. The van der Waals surface area contributed by atoms with Crippen LogP contribution in [-0.4, -0.2) is 21.4 Å². The summed E-state index contributed by atoms with van der Waals surface area (Å²) in [5.41, 5.74) is 1.31. The van der Waals surface area contributed by atoms with E-state index in [1.807, 2.05) is 0 Å². The molecule has 120 valence electrons. The standard InChI is InChI=1S/C16H15ClN2O3S/c1-18-23(21,22)15-8-5-12(6-9-15)7-10-16(20)19-14-4-2-3-13(17)11-14/h2-11,18H,1H3,(H,19,20)/b10-7+. The van der Waals surface area contributed by atoms with E-state index in [0.717, 1.165) is 0 Å². The van der Waals surface area contributed by atoms with E-state index < -0.39 is 10.0 Å². The Bertz CT molecular complexity index is 831. The molecule has 1 amide bonds. The third kappa shape index (κ3) is 4.92. The fraction of sp³-hybridized carbons (Fsp3) is 0.0625. The second-order valence-electron chi connectivity index (χ2n) is 4.61. The topological polar surface area (TPSA) is 75.3 Å². The first-order valence-corrected chi connectivity index (χ1v) is 8.55. The molecule has 0 atom stereocenters. The number of sulfonamides is 1. The molecule has 0 unspecified atom stereocenters. The molecule has 23 heavy (non-hydrogen) atoms. The van der Waals surface area contributed by atoms with Crippen LogP contribution in [0.3, 0.4) is 0 Å². The molecule has 0 aromatic heterocycles. The van der Waals surface area contributed by atoms with Gasteiger partial charge in [-0.1, -0.05) is 29.8 Å². The third-order valence-corrected chi connectivity index (χ3v) is 4.64. The van der Waals surface area contributed by atoms with Crippen LogP contribution < -0.4 is 10.0 Å². The monoisotopic (exact) mass is 350 g/mol. The average molecular weight is 351 g/mol. The number of hydrogen-bond donors (Lipinski definition) is 2. The first kappa shape index (κ1) is 17.2. The smallest absolute Gasteiger partial charge is 0.248 e. The van der Waals surface area contributed by atoms with Crippen LogP contribution in [0.2, 0.25) is 5.02 Å². The lowest BCUT2D eigenvalue weighted by molar-refractivity contribution is -0.111. The Balaban J connectivity index is 2.04. The molecule has 0 aliphatic rings. The van der Waals surface area contributed by atoms with Gasteiger partial charge in [0.15, 0.2) is 0 Å². The van der Waals surface area contributed by atoms with Gasteiger partial charge in [-0.05, 0) is 49.0 Å². The Labute approximate surface area is 140 Å². The maximum Gasteiger partial charge on any atom is 0.248 e. The van der Waals surface area contributed by atoms with Crippen molar-refractivity contribution in [2.45, 2.75) is 4.90 Å². The molecule has 5 nitrogen and oxygen atoms in total. The van der Waals surface area contributed by atoms with Crippen LogP contribution in [-0.2, 0) is 14.8 Å². The highest BCUT2D eigenvalue weighted by molar-refractivity contribution is 7.89. The molecule has 0 fully saturated rings. The van der Waals surface area contributed by atoms with E-state index in [1.54, 1.807) is 42.5 Å². The highest BCUT2D eigenvalue weighted by atomic mass is 35.5. The molecule has 0 saturated heterocycles. The van der Waals surface area contributed by atoms with Crippen molar-refractivity contribution in [1.29, 1.82) is 0 Å². The van der Waals surface area contributed by atoms with Crippen molar-refractivity contribution in [2.24, 2.45) is 0 Å². The molecule has 0 saturated carbocycles. The molecule has 0 bridgehead atoms. The van der Waals surface area contributed by atoms with Gasteiger partial charge in [-0.2, -0.15) is 0 Å². The van der Waals surface area contributed by atoms with Gasteiger partial charge in [0.2, 0.25) is 15.9 Å². The summed E-state index contributed by atoms with van der Waals surface area (Å²) in [6.45, 7) is 0. The van der Waals surface area contributed by atoms with Crippen LogP contribution in [0.5, 0.6) is 0 Å². The minimum Gasteiger partial charge on any atom is -0.322 e. The minimum absolute atomic E-state index is 0.167. The summed E-state index contributed by atoms with van der Waals surface area (Å²) in [7, 11) is -2.11. The second-order valence-corrected chi connectivity index (χ2v) is 6.93. The summed E-state index contributed by atoms with van der Waals surface area (Å²) in [6.07, 6.45) is 2.96. The zero-order valence-electron chi connectivity index (χ0n) is 12.3. The minimum atomic E-state index is -3.46. The van der Waals surface area contributed by atoms with Crippen LogP contribution in [0.25, 0.3) is 6.08 Å². The zero-order chi connectivity index (χ0) is 16.9. The number of amides is 1. The van der Waals surface area contributed by atoms with Crippen molar-refractivity contribution in [3.8, 4) is 0 Å². The van der Waals surface area contributed by atoms with E-state index in [0.29, 0.717) is 16.3 Å². The van der Waals surface area contributed by atoms with Crippen LogP contribution >= 0.6 is 11.6 Å². The van der Waals surface area contributed by atoms with Gasteiger partial charge in [-0.25, -0.2) is 13.1 Å². The Kier molecular flexibility index (Phi) is 5.54. The first-order chi connectivity index (χ1) is 10.9. The Hall–Kier alpha value is -2.15. The molecular formula is C16H15ClN2O3S. The van der Waals surface area contributed by atoms with E-state index in [4.69, 9.17) is 11.6 Å². The molecular weight excluding hydrogens is 336 g/mol. The number of carbonyl (C=O) groups excluding carboxylic acids is 1. The normalized spacial score (nSPS) is 11.6. The largest absolute Gasteiger partial charge is 0.322 e. The molecule has 0 radical (unpaired) electrons.